The number of hydrogen-bond donors (Lipinski definition) is 2. The van der Waals surface area contributed by atoms with E-state index in [1.807, 2.05) is 35.2 Å². The summed E-state index contributed by atoms with van der Waals surface area (Å²) in [5.74, 6) is 1.10. The van der Waals surface area contributed by atoms with Crippen molar-refractivity contribution in [2.24, 2.45) is 0 Å². The second kappa shape index (κ2) is 5.97. The summed E-state index contributed by atoms with van der Waals surface area (Å²) in [6, 6.07) is 10.0. The Morgan fingerprint density at radius 2 is 1.89 bits per heavy atom. The van der Waals surface area contributed by atoms with Crippen LogP contribution in [0.2, 0.25) is 0 Å². The Hall–Kier alpha value is -2.14. The van der Waals surface area contributed by atoms with Crippen LogP contribution in [0.1, 0.15) is 5.56 Å². The lowest BCUT2D eigenvalue weighted by molar-refractivity contribution is 0.301. The van der Waals surface area contributed by atoms with Crippen LogP contribution in [0.15, 0.2) is 42.7 Å². The van der Waals surface area contributed by atoms with E-state index < -0.39 is 0 Å². The number of benzene rings is 1. The number of nitrogens with zero attached hydrogens (tertiary/aromatic N) is 3. The van der Waals surface area contributed by atoms with Crippen LogP contribution in [0.3, 0.4) is 0 Å². The molecular weight excluding hydrogens is 228 g/mol. The van der Waals surface area contributed by atoms with Gasteiger partial charge in [-0.2, -0.15) is 0 Å². The zero-order valence-corrected chi connectivity index (χ0v) is 10.0. The molecule has 0 amide bonds. The number of anilines is 2. The van der Waals surface area contributed by atoms with Crippen molar-refractivity contribution < 1.29 is 5.11 Å². The maximum absolute atomic E-state index is 9.12. The maximum atomic E-state index is 9.12. The Balaban J connectivity index is 2.15. The highest BCUT2D eigenvalue weighted by Crippen LogP contribution is 2.13. The fourth-order valence-electron chi connectivity index (χ4n) is 1.69. The monoisotopic (exact) mass is 244 g/mol. The summed E-state index contributed by atoms with van der Waals surface area (Å²) in [6.45, 7) is 1.26. The zero-order chi connectivity index (χ0) is 12.8. The Kier molecular flexibility index (Phi) is 4.09. The summed E-state index contributed by atoms with van der Waals surface area (Å²) in [4.78, 5) is 10.2. The highest BCUT2D eigenvalue weighted by Gasteiger charge is 2.08. The van der Waals surface area contributed by atoms with Gasteiger partial charge in [0.15, 0.2) is 0 Å². The van der Waals surface area contributed by atoms with Gasteiger partial charge in [0.1, 0.15) is 11.6 Å². The molecule has 0 saturated carbocycles. The maximum Gasteiger partial charge on any atom is 0.147 e. The summed E-state index contributed by atoms with van der Waals surface area (Å²) < 4.78 is 0. The van der Waals surface area contributed by atoms with E-state index in [0.717, 1.165) is 5.56 Å². The van der Waals surface area contributed by atoms with Gasteiger partial charge in [0.25, 0.3) is 0 Å². The van der Waals surface area contributed by atoms with Crippen molar-refractivity contribution in [3.63, 3.8) is 0 Å². The molecule has 0 bridgehead atoms. The van der Waals surface area contributed by atoms with Gasteiger partial charge in [0.2, 0.25) is 0 Å². The summed E-state index contributed by atoms with van der Waals surface area (Å²) in [5.41, 5.74) is 6.67. The van der Waals surface area contributed by atoms with Crippen molar-refractivity contribution >= 4 is 11.6 Å². The number of aromatic nitrogens is 2. The standard InChI is InChI=1S/C13H16N4O/c14-12-8-16-13(9-15-12)17(6-7-18)10-11-4-2-1-3-5-11/h1-5,8-9,18H,6-7,10H2,(H2,14,15). The Morgan fingerprint density at radius 1 is 1.11 bits per heavy atom. The molecule has 2 aromatic rings. The SMILES string of the molecule is Nc1cnc(N(CCO)Cc2ccccc2)cn1. The predicted octanol–water partition coefficient (Wildman–Crippen LogP) is 1.06. The van der Waals surface area contributed by atoms with E-state index in [1.165, 1.54) is 6.20 Å². The van der Waals surface area contributed by atoms with E-state index in [-0.39, 0.29) is 6.61 Å². The van der Waals surface area contributed by atoms with E-state index >= 15 is 0 Å². The van der Waals surface area contributed by atoms with Crippen molar-refractivity contribution in [2.45, 2.75) is 6.54 Å². The summed E-state index contributed by atoms with van der Waals surface area (Å²) in [5, 5.41) is 9.12. The molecule has 0 atom stereocenters. The number of nitrogens with two attached hydrogens (primary N) is 1. The Labute approximate surface area is 106 Å². The first-order valence-electron chi connectivity index (χ1n) is 5.77. The number of rotatable bonds is 5. The summed E-state index contributed by atoms with van der Waals surface area (Å²) in [7, 11) is 0. The molecule has 1 aromatic carbocycles. The van der Waals surface area contributed by atoms with Gasteiger partial charge in [-0.25, -0.2) is 9.97 Å². The third kappa shape index (κ3) is 3.18. The molecule has 2 rings (SSSR count). The van der Waals surface area contributed by atoms with E-state index in [2.05, 4.69) is 9.97 Å². The van der Waals surface area contributed by atoms with E-state index in [0.29, 0.717) is 24.7 Å². The highest BCUT2D eigenvalue weighted by molar-refractivity contribution is 5.40. The van der Waals surface area contributed by atoms with Crippen molar-refractivity contribution in [3.8, 4) is 0 Å². The molecule has 0 fully saturated rings. The van der Waals surface area contributed by atoms with Crippen LogP contribution in [-0.2, 0) is 6.54 Å². The van der Waals surface area contributed by atoms with Crippen LogP contribution in [-0.4, -0.2) is 28.2 Å². The average molecular weight is 244 g/mol. The Bertz CT molecular complexity index is 472. The van der Waals surface area contributed by atoms with Crippen molar-refractivity contribution in [1.29, 1.82) is 0 Å². The smallest absolute Gasteiger partial charge is 0.147 e. The molecule has 0 aliphatic carbocycles. The van der Waals surface area contributed by atoms with E-state index in [1.54, 1.807) is 6.20 Å². The van der Waals surface area contributed by atoms with Crippen molar-refractivity contribution in [2.75, 3.05) is 23.8 Å². The van der Waals surface area contributed by atoms with Crippen LogP contribution in [0.4, 0.5) is 11.6 Å². The molecular formula is C13H16N4O. The lowest BCUT2D eigenvalue weighted by Crippen LogP contribution is -2.27. The third-order valence-electron chi connectivity index (χ3n) is 2.57. The molecule has 0 unspecified atom stereocenters. The molecule has 3 N–H and O–H groups in total. The lowest BCUT2D eigenvalue weighted by Gasteiger charge is -2.22. The first-order valence-corrected chi connectivity index (χ1v) is 5.77. The second-order valence-electron chi connectivity index (χ2n) is 3.93. The van der Waals surface area contributed by atoms with E-state index in [4.69, 9.17) is 10.8 Å². The van der Waals surface area contributed by atoms with Gasteiger partial charge in [0, 0.05) is 13.1 Å². The van der Waals surface area contributed by atoms with Gasteiger partial charge in [0.05, 0.1) is 19.0 Å². The molecule has 0 radical (unpaired) electrons. The molecule has 0 saturated heterocycles. The largest absolute Gasteiger partial charge is 0.395 e. The topological polar surface area (TPSA) is 75.3 Å². The van der Waals surface area contributed by atoms with Crippen molar-refractivity contribution in [3.05, 3.63) is 48.3 Å². The molecule has 94 valence electrons. The lowest BCUT2D eigenvalue weighted by atomic mass is 10.2. The molecule has 0 spiro atoms. The van der Waals surface area contributed by atoms with Gasteiger partial charge in [-0.05, 0) is 5.56 Å². The number of hydrogen-bond acceptors (Lipinski definition) is 5. The third-order valence-corrected chi connectivity index (χ3v) is 2.57. The molecule has 0 aliphatic rings. The first kappa shape index (κ1) is 12.3. The highest BCUT2D eigenvalue weighted by atomic mass is 16.3. The summed E-state index contributed by atoms with van der Waals surface area (Å²) >= 11 is 0. The van der Waals surface area contributed by atoms with Gasteiger partial charge < -0.3 is 15.7 Å². The molecule has 18 heavy (non-hydrogen) atoms. The van der Waals surface area contributed by atoms with Crippen LogP contribution < -0.4 is 10.6 Å². The number of aliphatic hydroxyl groups excluding tert-OH is 1. The van der Waals surface area contributed by atoms with Gasteiger partial charge >= 0.3 is 0 Å². The normalized spacial score (nSPS) is 10.3. The molecule has 5 nitrogen and oxygen atoms in total. The minimum Gasteiger partial charge on any atom is -0.395 e. The van der Waals surface area contributed by atoms with Crippen LogP contribution in [0, 0.1) is 0 Å². The van der Waals surface area contributed by atoms with Crippen LogP contribution in [0.25, 0.3) is 0 Å². The number of aliphatic hydroxyl groups is 1. The predicted molar refractivity (Wildman–Crippen MR) is 71.0 cm³/mol. The van der Waals surface area contributed by atoms with Gasteiger partial charge in [-0.15, -0.1) is 0 Å². The molecule has 1 heterocycles. The molecule has 5 heteroatoms. The number of nitrogen functional groups attached to an aromatic ring is 1. The minimum absolute atomic E-state index is 0.0683. The van der Waals surface area contributed by atoms with Gasteiger partial charge in [-0.3, -0.25) is 0 Å². The quantitative estimate of drug-likeness (QED) is 0.822. The van der Waals surface area contributed by atoms with Crippen molar-refractivity contribution in [1.82, 2.24) is 9.97 Å². The fourth-order valence-corrected chi connectivity index (χ4v) is 1.69. The summed E-state index contributed by atoms with van der Waals surface area (Å²) in [6.07, 6.45) is 3.14. The van der Waals surface area contributed by atoms with Crippen LogP contribution >= 0.6 is 0 Å². The molecule has 1 aromatic heterocycles. The first-order chi connectivity index (χ1) is 8.79. The van der Waals surface area contributed by atoms with E-state index in [9.17, 15) is 0 Å². The second-order valence-corrected chi connectivity index (χ2v) is 3.93. The average Bonchev–Trinajstić information content (AvgIpc) is 2.40. The Morgan fingerprint density at radius 3 is 2.50 bits per heavy atom. The zero-order valence-electron chi connectivity index (χ0n) is 10.0. The fraction of sp³-hybridized carbons (Fsp3) is 0.231. The molecule has 0 aliphatic heterocycles. The van der Waals surface area contributed by atoms with Crippen LogP contribution in [0.5, 0.6) is 0 Å². The van der Waals surface area contributed by atoms with Gasteiger partial charge in [-0.1, -0.05) is 30.3 Å². The minimum atomic E-state index is 0.0683.